The number of hydrogen-bond acceptors (Lipinski definition) is 3. The summed E-state index contributed by atoms with van der Waals surface area (Å²) in [5.74, 6) is -0.132. The van der Waals surface area contributed by atoms with Crippen LogP contribution in [-0.2, 0) is 20.9 Å². The lowest BCUT2D eigenvalue weighted by Crippen LogP contribution is -2.16. The SMILES string of the molecule is O=C1C[C@@H](CC(=O)OCc2ccccc2)CN1. The van der Waals surface area contributed by atoms with Gasteiger partial charge in [-0.25, -0.2) is 0 Å². The minimum absolute atomic E-state index is 0.0193. The second-order valence-corrected chi connectivity index (χ2v) is 4.22. The van der Waals surface area contributed by atoms with Crippen LogP contribution >= 0.6 is 0 Å². The van der Waals surface area contributed by atoms with Crippen LogP contribution in [0, 0.1) is 5.92 Å². The molecule has 0 aliphatic carbocycles. The van der Waals surface area contributed by atoms with Crippen molar-refractivity contribution in [2.45, 2.75) is 19.4 Å². The summed E-state index contributed by atoms with van der Waals surface area (Å²) in [6.07, 6.45) is 0.742. The highest BCUT2D eigenvalue weighted by Crippen LogP contribution is 2.14. The first-order chi connectivity index (χ1) is 8.24. The van der Waals surface area contributed by atoms with Crippen LogP contribution in [0.15, 0.2) is 30.3 Å². The maximum absolute atomic E-state index is 11.5. The Morgan fingerprint density at radius 3 is 2.76 bits per heavy atom. The Labute approximate surface area is 100.0 Å². The molecule has 0 aromatic heterocycles. The molecule has 0 unspecified atom stereocenters. The number of amides is 1. The molecule has 1 aliphatic heterocycles. The van der Waals surface area contributed by atoms with Crippen molar-refractivity contribution < 1.29 is 14.3 Å². The van der Waals surface area contributed by atoms with Gasteiger partial charge in [0.25, 0.3) is 0 Å². The second kappa shape index (κ2) is 5.48. The Bertz CT molecular complexity index is 402. The lowest BCUT2D eigenvalue weighted by atomic mass is 10.1. The molecule has 1 amide bonds. The van der Waals surface area contributed by atoms with E-state index < -0.39 is 0 Å². The molecule has 1 N–H and O–H groups in total. The average molecular weight is 233 g/mol. The predicted octanol–water partition coefficient (Wildman–Crippen LogP) is 1.26. The molecule has 0 saturated carbocycles. The van der Waals surface area contributed by atoms with E-state index in [9.17, 15) is 9.59 Å². The Hall–Kier alpha value is -1.84. The van der Waals surface area contributed by atoms with Crippen LogP contribution in [0.25, 0.3) is 0 Å². The van der Waals surface area contributed by atoms with Crippen molar-refractivity contribution in [1.82, 2.24) is 5.32 Å². The van der Waals surface area contributed by atoms with Crippen molar-refractivity contribution in [3.8, 4) is 0 Å². The van der Waals surface area contributed by atoms with E-state index in [2.05, 4.69) is 5.32 Å². The molecule has 1 aromatic rings. The fraction of sp³-hybridized carbons (Fsp3) is 0.385. The van der Waals surface area contributed by atoms with Crippen molar-refractivity contribution in [2.75, 3.05) is 6.54 Å². The summed E-state index contributed by atoms with van der Waals surface area (Å²) in [6.45, 7) is 0.882. The zero-order valence-electron chi connectivity index (χ0n) is 9.52. The van der Waals surface area contributed by atoms with E-state index in [1.165, 1.54) is 0 Å². The number of esters is 1. The van der Waals surface area contributed by atoms with Crippen LogP contribution in [-0.4, -0.2) is 18.4 Å². The highest BCUT2D eigenvalue weighted by molar-refractivity contribution is 5.79. The maximum atomic E-state index is 11.5. The number of carbonyl (C=O) groups excluding carboxylic acids is 2. The highest BCUT2D eigenvalue weighted by Gasteiger charge is 2.24. The molecule has 1 aliphatic rings. The molecule has 2 rings (SSSR count). The van der Waals surface area contributed by atoms with E-state index in [1.54, 1.807) is 0 Å². The molecule has 1 aromatic carbocycles. The van der Waals surface area contributed by atoms with E-state index >= 15 is 0 Å². The van der Waals surface area contributed by atoms with E-state index in [0.29, 0.717) is 26.0 Å². The van der Waals surface area contributed by atoms with Crippen LogP contribution in [0.5, 0.6) is 0 Å². The fourth-order valence-corrected chi connectivity index (χ4v) is 1.84. The van der Waals surface area contributed by atoms with Crippen molar-refractivity contribution in [3.63, 3.8) is 0 Å². The Balaban J connectivity index is 1.73. The van der Waals surface area contributed by atoms with Gasteiger partial charge >= 0.3 is 5.97 Å². The number of benzene rings is 1. The van der Waals surface area contributed by atoms with Crippen LogP contribution in [0.2, 0.25) is 0 Å². The highest BCUT2D eigenvalue weighted by atomic mass is 16.5. The van der Waals surface area contributed by atoms with Gasteiger partial charge in [-0.15, -0.1) is 0 Å². The molecule has 0 spiro atoms. The lowest BCUT2D eigenvalue weighted by molar-refractivity contribution is -0.145. The number of rotatable bonds is 4. The summed E-state index contributed by atoms with van der Waals surface area (Å²) >= 11 is 0. The molecular formula is C13H15NO3. The molecule has 1 fully saturated rings. The van der Waals surface area contributed by atoms with Gasteiger partial charge in [-0.05, 0) is 11.5 Å². The first-order valence-electron chi connectivity index (χ1n) is 5.70. The van der Waals surface area contributed by atoms with Crippen LogP contribution < -0.4 is 5.32 Å². The third-order valence-electron chi connectivity index (χ3n) is 2.76. The first-order valence-corrected chi connectivity index (χ1v) is 5.70. The molecule has 1 atom stereocenters. The summed E-state index contributed by atoms with van der Waals surface area (Å²) < 4.78 is 5.15. The van der Waals surface area contributed by atoms with E-state index in [0.717, 1.165) is 5.56 Å². The maximum Gasteiger partial charge on any atom is 0.306 e. The zero-order valence-corrected chi connectivity index (χ0v) is 9.52. The molecule has 1 saturated heterocycles. The largest absolute Gasteiger partial charge is 0.461 e. The van der Waals surface area contributed by atoms with Crippen molar-refractivity contribution in [2.24, 2.45) is 5.92 Å². The standard InChI is InChI=1S/C13H15NO3/c15-12-6-11(8-14-12)7-13(16)17-9-10-4-2-1-3-5-10/h1-5,11H,6-9H2,(H,14,15)/t11-/m0/s1. The van der Waals surface area contributed by atoms with Crippen LogP contribution in [0.3, 0.4) is 0 Å². The normalized spacial score (nSPS) is 18.8. The molecule has 17 heavy (non-hydrogen) atoms. The monoisotopic (exact) mass is 233 g/mol. The predicted molar refractivity (Wildman–Crippen MR) is 62.0 cm³/mol. The Kier molecular flexibility index (Phi) is 3.75. The summed E-state index contributed by atoms with van der Waals surface area (Å²) in [5, 5.41) is 2.70. The minimum atomic E-state index is -0.240. The first kappa shape index (κ1) is 11.6. The van der Waals surface area contributed by atoms with Crippen LogP contribution in [0.1, 0.15) is 18.4 Å². The third kappa shape index (κ3) is 3.59. The molecule has 0 radical (unpaired) electrons. The van der Waals surface area contributed by atoms with Gasteiger partial charge in [-0.2, -0.15) is 0 Å². The zero-order chi connectivity index (χ0) is 12.1. The van der Waals surface area contributed by atoms with E-state index in [-0.39, 0.29) is 17.8 Å². The number of nitrogens with one attached hydrogen (secondary N) is 1. The van der Waals surface area contributed by atoms with Gasteiger partial charge in [0.15, 0.2) is 0 Å². The van der Waals surface area contributed by atoms with E-state index in [1.807, 2.05) is 30.3 Å². The summed E-state index contributed by atoms with van der Waals surface area (Å²) in [4.78, 5) is 22.5. The Morgan fingerprint density at radius 2 is 2.12 bits per heavy atom. The molecular weight excluding hydrogens is 218 g/mol. The molecule has 1 heterocycles. The van der Waals surface area contributed by atoms with E-state index in [4.69, 9.17) is 4.74 Å². The quantitative estimate of drug-likeness (QED) is 0.796. The minimum Gasteiger partial charge on any atom is -0.461 e. The van der Waals surface area contributed by atoms with Crippen molar-refractivity contribution in [1.29, 1.82) is 0 Å². The van der Waals surface area contributed by atoms with Crippen LogP contribution in [0.4, 0.5) is 0 Å². The van der Waals surface area contributed by atoms with Gasteiger partial charge in [0.1, 0.15) is 6.61 Å². The number of hydrogen-bond donors (Lipinski definition) is 1. The third-order valence-corrected chi connectivity index (χ3v) is 2.76. The van der Waals surface area contributed by atoms with Gasteiger partial charge in [0, 0.05) is 13.0 Å². The Morgan fingerprint density at radius 1 is 1.35 bits per heavy atom. The summed E-state index contributed by atoms with van der Waals surface area (Å²) in [7, 11) is 0. The van der Waals surface area contributed by atoms with Gasteiger partial charge < -0.3 is 10.1 Å². The van der Waals surface area contributed by atoms with Crippen molar-refractivity contribution in [3.05, 3.63) is 35.9 Å². The summed E-state index contributed by atoms with van der Waals surface area (Å²) in [6, 6.07) is 9.55. The number of carbonyl (C=O) groups is 2. The number of ether oxygens (including phenoxy) is 1. The molecule has 90 valence electrons. The average Bonchev–Trinajstić information content (AvgIpc) is 2.73. The van der Waals surface area contributed by atoms with Gasteiger partial charge in [0.2, 0.25) is 5.91 Å². The molecule has 0 bridgehead atoms. The molecule has 4 nitrogen and oxygen atoms in total. The van der Waals surface area contributed by atoms with Gasteiger partial charge in [0.05, 0.1) is 6.42 Å². The second-order valence-electron chi connectivity index (χ2n) is 4.22. The summed E-state index contributed by atoms with van der Waals surface area (Å²) in [5.41, 5.74) is 0.974. The molecule has 4 heteroatoms. The van der Waals surface area contributed by atoms with Gasteiger partial charge in [-0.1, -0.05) is 30.3 Å². The van der Waals surface area contributed by atoms with Gasteiger partial charge in [-0.3, -0.25) is 9.59 Å². The lowest BCUT2D eigenvalue weighted by Gasteiger charge is -2.07. The smallest absolute Gasteiger partial charge is 0.306 e. The fourth-order valence-electron chi connectivity index (χ4n) is 1.84. The van der Waals surface area contributed by atoms with Crippen molar-refractivity contribution >= 4 is 11.9 Å². The topological polar surface area (TPSA) is 55.4 Å².